The van der Waals surface area contributed by atoms with Gasteiger partial charge in [0.1, 0.15) is 0 Å². The van der Waals surface area contributed by atoms with Gasteiger partial charge < -0.3 is 10.4 Å². The van der Waals surface area contributed by atoms with E-state index in [9.17, 15) is 22.8 Å². The average Bonchev–Trinajstić information content (AvgIpc) is 2.87. The van der Waals surface area contributed by atoms with Crippen LogP contribution in [0.15, 0.2) is 35.4 Å². The fraction of sp³-hybridized carbons (Fsp3) is 0.286. The van der Waals surface area contributed by atoms with Gasteiger partial charge in [-0.05, 0) is 43.5 Å². The van der Waals surface area contributed by atoms with Crippen LogP contribution in [0, 0.1) is 0 Å². The zero-order chi connectivity index (χ0) is 15.6. The molecule has 0 aliphatic heterocycles. The number of rotatable bonds is 3. The van der Waals surface area contributed by atoms with Crippen LogP contribution in [0.3, 0.4) is 0 Å². The van der Waals surface area contributed by atoms with Crippen molar-refractivity contribution in [2.24, 2.45) is 0 Å². The summed E-state index contributed by atoms with van der Waals surface area (Å²) < 4.78 is 37.2. The van der Waals surface area contributed by atoms with E-state index in [-0.39, 0.29) is 16.8 Å². The molecule has 0 bridgehead atoms. The topological polar surface area (TPSA) is 66.4 Å². The molecule has 0 saturated carbocycles. The first-order valence-electron chi connectivity index (χ1n) is 6.23. The highest BCUT2D eigenvalue weighted by molar-refractivity contribution is 6.09. The van der Waals surface area contributed by atoms with E-state index in [1.54, 1.807) is 0 Å². The van der Waals surface area contributed by atoms with Gasteiger partial charge in [0.15, 0.2) is 0 Å². The SMILES string of the molecule is O=C(O)C1=C(C(=O)Nc2ccc(C(F)(F)F)cc2)CCC1. The van der Waals surface area contributed by atoms with Crippen molar-refractivity contribution >= 4 is 17.6 Å². The molecule has 0 unspecified atom stereocenters. The monoisotopic (exact) mass is 299 g/mol. The van der Waals surface area contributed by atoms with Crippen LogP contribution in [0.2, 0.25) is 0 Å². The van der Waals surface area contributed by atoms with E-state index < -0.39 is 23.6 Å². The van der Waals surface area contributed by atoms with Gasteiger partial charge in [0.05, 0.1) is 5.56 Å². The molecule has 1 aliphatic carbocycles. The molecule has 0 fully saturated rings. The number of nitrogens with one attached hydrogen (secondary N) is 1. The van der Waals surface area contributed by atoms with Crippen molar-refractivity contribution in [3.8, 4) is 0 Å². The highest BCUT2D eigenvalue weighted by Crippen LogP contribution is 2.30. The molecule has 0 spiro atoms. The number of alkyl halides is 3. The molecule has 0 saturated heterocycles. The number of hydrogen-bond acceptors (Lipinski definition) is 2. The third-order valence-electron chi connectivity index (χ3n) is 3.22. The molecule has 4 nitrogen and oxygen atoms in total. The number of carbonyl (C=O) groups excluding carboxylic acids is 1. The number of halogens is 3. The minimum atomic E-state index is -4.44. The predicted octanol–water partition coefficient (Wildman–Crippen LogP) is 3.21. The maximum Gasteiger partial charge on any atom is 0.416 e. The van der Waals surface area contributed by atoms with E-state index in [0.29, 0.717) is 19.3 Å². The minimum absolute atomic E-state index is 0.0689. The highest BCUT2D eigenvalue weighted by atomic mass is 19.4. The van der Waals surface area contributed by atoms with Gasteiger partial charge in [-0.2, -0.15) is 13.2 Å². The molecule has 0 atom stereocenters. The molecule has 0 radical (unpaired) electrons. The second-order valence-corrected chi connectivity index (χ2v) is 4.65. The van der Waals surface area contributed by atoms with Crippen LogP contribution in [-0.2, 0) is 15.8 Å². The lowest BCUT2D eigenvalue weighted by Crippen LogP contribution is -2.16. The Hall–Kier alpha value is -2.31. The maximum atomic E-state index is 12.4. The minimum Gasteiger partial charge on any atom is -0.478 e. The molecule has 1 aromatic carbocycles. The highest BCUT2D eigenvalue weighted by Gasteiger charge is 2.30. The Morgan fingerprint density at radius 1 is 1.05 bits per heavy atom. The van der Waals surface area contributed by atoms with Crippen molar-refractivity contribution in [1.29, 1.82) is 0 Å². The average molecular weight is 299 g/mol. The van der Waals surface area contributed by atoms with Crippen molar-refractivity contribution < 1.29 is 27.9 Å². The van der Waals surface area contributed by atoms with Gasteiger partial charge >= 0.3 is 12.1 Å². The van der Waals surface area contributed by atoms with Gasteiger partial charge in [-0.25, -0.2) is 4.79 Å². The van der Waals surface area contributed by atoms with Crippen molar-refractivity contribution in [2.75, 3.05) is 5.32 Å². The van der Waals surface area contributed by atoms with Gasteiger partial charge in [0, 0.05) is 16.8 Å². The van der Waals surface area contributed by atoms with Gasteiger partial charge in [-0.15, -0.1) is 0 Å². The summed E-state index contributed by atoms with van der Waals surface area (Å²) in [5.41, 5.74) is -0.370. The number of anilines is 1. The Kier molecular flexibility index (Phi) is 4.02. The summed E-state index contributed by atoms with van der Waals surface area (Å²) >= 11 is 0. The molecule has 0 heterocycles. The number of carbonyl (C=O) groups is 2. The van der Waals surface area contributed by atoms with Gasteiger partial charge in [0.25, 0.3) is 5.91 Å². The third kappa shape index (κ3) is 3.42. The first kappa shape index (κ1) is 15.1. The molecular weight excluding hydrogens is 287 g/mol. The van der Waals surface area contributed by atoms with Crippen molar-refractivity contribution in [3.05, 3.63) is 41.0 Å². The summed E-state index contributed by atoms with van der Waals surface area (Å²) in [6.07, 6.45) is -3.18. The largest absolute Gasteiger partial charge is 0.478 e. The normalized spacial score (nSPS) is 15.2. The summed E-state index contributed by atoms with van der Waals surface area (Å²) in [5, 5.41) is 11.4. The Morgan fingerprint density at radius 2 is 1.62 bits per heavy atom. The first-order valence-corrected chi connectivity index (χ1v) is 6.23. The Morgan fingerprint density at radius 3 is 2.14 bits per heavy atom. The predicted molar refractivity (Wildman–Crippen MR) is 68.6 cm³/mol. The molecule has 21 heavy (non-hydrogen) atoms. The lowest BCUT2D eigenvalue weighted by Gasteiger charge is -2.09. The fourth-order valence-corrected chi connectivity index (χ4v) is 2.18. The van der Waals surface area contributed by atoms with Crippen LogP contribution in [0.25, 0.3) is 0 Å². The van der Waals surface area contributed by atoms with Crippen LogP contribution < -0.4 is 5.32 Å². The molecule has 2 N–H and O–H groups in total. The van der Waals surface area contributed by atoms with Crippen LogP contribution in [0.5, 0.6) is 0 Å². The lowest BCUT2D eigenvalue weighted by atomic mass is 10.1. The maximum absolute atomic E-state index is 12.4. The fourth-order valence-electron chi connectivity index (χ4n) is 2.18. The zero-order valence-electron chi connectivity index (χ0n) is 10.8. The van der Waals surface area contributed by atoms with E-state index in [0.717, 1.165) is 24.3 Å². The van der Waals surface area contributed by atoms with Crippen LogP contribution in [-0.4, -0.2) is 17.0 Å². The summed E-state index contributed by atoms with van der Waals surface area (Å²) in [6.45, 7) is 0. The molecule has 1 aromatic rings. The number of aliphatic carboxylic acids is 1. The standard InChI is InChI=1S/C14H12F3NO3/c15-14(16,17)8-4-6-9(7-5-8)18-12(19)10-2-1-3-11(10)13(20)21/h4-7H,1-3H2,(H,18,19)(H,20,21). The Bertz CT molecular complexity index is 603. The second kappa shape index (κ2) is 5.59. The van der Waals surface area contributed by atoms with Crippen molar-refractivity contribution in [3.63, 3.8) is 0 Å². The van der Waals surface area contributed by atoms with Gasteiger partial charge in [-0.1, -0.05) is 0 Å². The smallest absolute Gasteiger partial charge is 0.416 e. The number of hydrogen-bond donors (Lipinski definition) is 2. The summed E-state index contributed by atoms with van der Waals surface area (Å²) in [5.74, 6) is -1.71. The number of amides is 1. The molecule has 1 amide bonds. The van der Waals surface area contributed by atoms with Crippen LogP contribution >= 0.6 is 0 Å². The summed E-state index contributed by atoms with van der Waals surface area (Å²) in [4.78, 5) is 22.9. The Labute approximate surface area is 118 Å². The lowest BCUT2D eigenvalue weighted by molar-refractivity contribution is -0.137. The van der Waals surface area contributed by atoms with Crippen LogP contribution in [0.1, 0.15) is 24.8 Å². The summed E-state index contributed by atoms with van der Waals surface area (Å²) in [6, 6.07) is 3.99. The van der Waals surface area contributed by atoms with E-state index >= 15 is 0 Å². The molecule has 1 aliphatic rings. The number of benzene rings is 1. The van der Waals surface area contributed by atoms with E-state index in [4.69, 9.17) is 5.11 Å². The van der Waals surface area contributed by atoms with E-state index in [1.807, 2.05) is 0 Å². The van der Waals surface area contributed by atoms with E-state index in [1.165, 1.54) is 0 Å². The quantitative estimate of drug-likeness (QED) is 0.900. The molecule has 7 heteroatoms. The zero-order valence-corrected chi connectivity index (χ0v) is 10.8. The number of carboxylic acid groups (broad SMARTS) is 1. The Balaban J connectivity index is 2.13. The van der Waals surface area contributed by atoms with Crippen molar-refractivity contribution in [2.45, 2.75) is 25.4 Å². The van der Waals surface area contributed by atoms with Gasteiger partial charge in [0.2, 0.25) is 0 Å². The molecular formula is C14H12F3NO3. The van der Waals surface area contributed by atoms with E-state index in [2.05, 4.69) is 5.32 Å². The van der Waals surface area contributed by atoms with Crippen molar-refractivity contribution in [1.82, 2.24) is 0 Å². The second-order valence-electron chi connectivity index (χ2n) is 4.65. The molecule has 2 rings (SSSR count). The summed E-state index contributed by atoms with van der Waals surface area (Å²) in [7, 11) is 0. The van der Waals surface area contributed by atoms with Gasteiger partial charge in [-0.3, -0.25) is 4.79 Å². The molecule has 0 aromatic heterocycles. The molecule has 112 valence electrons. The number of carboxylic acids is 1. The third-order valence-corrected chi connectivity index (χ3v) is 3.22. The first-order chi connectivity index (χ1) is 9.79. The van der Waals surface area contributed by atoms with Crippen LogP contribution in [0.4, 0.5) is 18.9 Å².